The lowest BCUT2D eigenvalue weighted by atomic mass is 10.3. The summed E-state index contributed by atoms with van der Waals surface area (Å²) < 4.78 is 7.11. The first kappa shape index (κ1) is 13.8. The number of aromatic nitrogens is 6. The number of fused-ring (bicyclic) bond motifs is 1. The zero-order valence-electron chi connectivity index (χ0n) is 12.5. The zero-order valence-corrected chi connectivity index (χ0v) is 12.5. The van der Waals surface area contributed by atoms with E-state index in [1.54, 1.807) is 4.68 Å². The molecule has 9 heteroatoms. The van der Waals surface area contributed by atoms with Gasteiger partial charge in [0.15, 0.2) is 5.82 Å². The molecule has 0 saturated carbocycles. The quantitative estimate of drug-likeness (QED) is 0.724. The maximum Gasteiger partial charge on any atom is 0.230 e. The molecule has 1 aromatic carbocycles. The highest BCUT2D eigenvalue weighted by molar-refractivity contribution is 5.73. The van der Waals surface area contributed by atoms with Crippen molar-refractivity contribution in [1.82, 2.24) is 29.9 Å². The van der Waals surface area contributed by atoms with E-state index in [1.165, 1.54) is 0 Å². The van der Waals surface area contributed by atoms with Crippen LogP contribution in [-0.4, -0.2) is 56.2 Å². The van der Waals surface area contributed by atoms with Crippen molar-refractivity contribution in [3.8, 4) is 0 Å². The van der Waals surface area contributed by atoms with Crippen LogP contribution >= 0.6 is 0 Å². The maximum atomic E-state index is 5.84. The van der Waals surface area contributed by atoms with Gasteiger partial charge >= 0.3 is 0 Å². The fourth-order valence-corrected chi connectivity index (χ4v) is 2.57. The number of para-hydroxylation sites is 1. The average Bonchev–Trinajstić information content (AvgIpc) is 2.98. The van der Waals surface area contributed by atoms with E-state index in [-0.39, 0.29) is 5.95 Å². The fraction of sp³-hybridized carbons (Fsp3) is 0.357. The summed E-state index contributed by atoms with van der Waals surface area (Å²) in [7, 11) is 0. The number of morpholine rings is 1. The molecule has 118 valence electrons. The van der Waals surface area contributed by atoms with Gasteiger partial charge in [-0.25, -0.2) is 4.68 Å². The van der Waals surface area contributed by atoms with Crippen LogP contribution < -0.4 is 10.6 Å². The van der Waals surface area contributed by atoms with Crippen LogP contribution in [0.5, 0.6) is 0 Å². The van der Waals surface area contributed by atoms with Gasteiger partial charge in [-0.1, -0.05) is 17.3 Å². The smallest absolute Gasteiger partial charge is 0.230 e. The van der Waals surface area contributed by atoms with Crippen LogP contribution in [0.3, 0.4) is 0 Å². The molecule has 3 heterocycles. The van der Waals surface area contributed by atoms with Crippen LogP contribution in [0.25, 0.3) is 11.0 Å². The Kier molecular flexibility index (Phi) is 3.46. The molecule has 0 spiro atoms. The summed E-state index contributed by atoms with van der Waals surface area (Å²) in [5.41, 5.74) is 7.61. The minimum atomic E-state index is 0.209. The van der Waals surface area contributed by atoms with Crippen molar-refractivity contribution in [2.45, 2.75) is 6.54 Å². The van der Waals surface area contributed by atoms with Gasteiger partial charge in [-0.05, 0) is 12.1 Å². The molecule has 2 aromatic heterocycles. The Morgan fingerprint density at radius 2 is 1.91 bits per heavy atom. The number of ether oxygens (including phenoxy) is 1. The number of nitrogen functional groups attached to an aromatic ring is 1. The second kappa shape index (κ2) is 5.76. The standard InChI is InChI=1S/C14H16N8O/c15-13-16-12(17-14(18-13)21-5-7-23-8-6-21)9-22-11-4-2-1-3-10(11)19-20-22/h1-4H,5-9H2,(H2,15,16,17,18). The minimum absolute atomic E-state index is 0.209. The molecule has 0 aliphatic carbocycles. The molecule has 0 bridgehead atoms. The molecule has 1 aliphatic rings. The van der Waals surface area contributed by atoms with Gasteiger partial charge in [0.1, 0.15) is 12.1 Å². The normalized spacial score (nSPS) is 15.2. The summed E-state index contributed by atoms with van der Waals surface area (Å²) in [6.45, 7) is 3.21. The Morgan fingerprint density at radius 3 is 2.78 bits per heavy atom. The highest BCUT2D eigenvalue weighted by Crippen LogP contribution is 2.14. The number of anilines is 2. The fourth-order valence-electron chi connectivity index (χ4n) is 2.57. The summed E-state index contributed by atoms with van der Waals surface area (Å²) in [4.78, 5) is 15.0. The molecule has 9 nitrogen and oxygen atoms in total. The number of nitrogens with two attached hydrogens (primary N) is 1. The van der Waals surface area contributed by atoms with Gasteiger partial charge in [0.2, 0.25) is 11.9 Å². The Hall–Kier alpha value is -2.81. The van der Waals surface area contributed by atoms with Crippen LogP contribution in [0.2, 0.25) is 0 Å². The van der Waals surface area contributed by atoms with Crippen LogP contribution in [-0.2, 0) is 11.3 Å². The number of hydrogen-bond donors (Lipinski definition) is 1. The number of hydrogen-bond acceptors (Lipinski definition) is 8. The predicted molar refractivity (Wildman–Crippen MR) is 83.9 cm³/mol. The number of nitrogens with zero attached hydrogens (tertiary/aromatic N) is 7. The molecular weight excluding hydrogens is 296 g/mol. The van der Waals surface area contributed by atoms with E-state index in [2.05, 4.69) is 25.3 Å². The molecule has 0 radical (unpaired) electrons. The Morgan fingerprint density at radius 1 is 1.09 bits per heavy atom. The summed E-state index contributed by atoms with van der Waals surface area (Å²) in [5, 5.41) is 8.29. The van der Waals surface area contributed by atoms with Crippen molar-refractivity contribution in [2.75, 3.05) is 36.9 Å². The first-order valence-electron chi connectivity index (χ1n) is 7.41. The third-order valence-electron chi connectivity index (χ3n) is 3.69. The number of rotatable bonds is 3. The molecule has 1 saturated heterocycles. The third-order valence-corrected chi connectivity index (χ3v) is 3.69. The van der Waals surface area contributed by atoms with Gasteiger partial charge in [-0.2, -0.15) is 15.0 Å². The van der Waals surface area contributed by atoms with Crippen molar-refractivity contribution in [1.29, 1.82) is 0 Å². The zero-order chi connectivity index (χ0) is 15.6. The van der Waals surface area contributed by atoms with Gasteiger partial charge in [0.05, 0.1) is 18.7 Å². The largest absolute Gasteiger partial charge is 0.378 e. The van der Waals surface area contributed by atoms with Gasteiger partial charge in [0.25, 0.3) is 0 Å². The second-order valence-corrected chi connectivity index (χ2v) is 5.25. The van der Waals surface area contributed by atoms with Gasteiger partial charge in [-0.3, -0.25) is 0 Å². The molecule has 0 atom stereocenters. The first-order valence-corrected chi connectivity index (χ1v) is 7.41. The third kappa shape index (κ3) is 2.78. The van der Waals surface area contributed by atoms with Crippen LogP contribution in [0, 0.1) is 0 Å². The van der Waals surface area contributed by atoms with Crippen LogP contribution in [0.4, 0.5) is 11.9 Å². The molecule has 3 aromatic rings. The Labute approximate surface area is 132 Å². The van der Waals surface area contributed by atoms with E-state index >= 15 is 0 Å². The van der Waals surface area contributed by atoms with Crippen LogP contribution in [0.15, 0.2) is 24.3 Å². The Balaban J connectivity index is 1.64. The van der Waals surface area contributed by atoms with Crippen molar-refractivity contribution in [2.24, 2.45) is 0 Å². The maximum absolute atomic E-state index is 5.84. The van der Waals surface area contributed by atoms with Gasteiger partial charge < -0.3 is 15.4 Å². The van der Waals surface area contributed by atoms with E-state index in [0.717, 1.165) is 24.1 Å². The van der Waals surface area contributed by atoms with Crippen molar-refractivity contribution >= 4 is 22.9 Å². The van der Waals surface area contributed by atoms with Gasteiger partial charge in [0, 0.05) is 13.1 Å². The summed E-state index contributed by atoms with van der Waals surface area (Å²) >= 11 is 0. The lowest BCUT2D eigenvalue weighted by Gasteiger charge is -2.26. The van der Waals surface area contributed by atoms with Gasteiger partial charge in [-0.15, -0.1) is 5.10 Å². The lowest BCUT2D eigenvalue weighted by molar-refractivity contribution is 0.122. The first-order chi connectivity index (χ1) is 11.3. The average molecular weight is 312 g/mol. The molecule has 23 heavy (non-hydrogen) atoms. The van der Waals surface area contributed by atoms with E-state index in [4.69, 9.17) is 10.5 Å². The second-order valence-electron chi connectivity index (χ2n) is 5.25. The molecule has 2 N–H and O–H groups in total. The van der Waals surface area contributed by atoms with E-state index in [0.29, 0.717) is 31.5 Å². The van der Waals surface area contributed by atoms with E-state index in [1.807, 2.05) is 29.2 Å². The molecule has 1 aliphatic heterocycles. The summed E-state index contributed by atoms with van der Waals surface area (Å²) in [5.74, 6) is 1.36. The molecule has 0 unspecified atom stereocenters. The molecular formula is C14H16N8O. The number of benzene rings is 1. The molecule has 0 amide bonds. The van der Waals surface area contributed by atoms with E-state index < -0.39 is 0 Å². The SMILES string of the molecule is Nc1nc(Cn2nnc3ccccc32)nc(N2CCOCC2)n1. The minimum Gasteiger partial charge on any atom is -0.378 e. The van der Waals surface area contributed by atoms with Crippen LogP contribution in [0.1, 0.15) is 5.82 Å². The lowest BCUT2D eigenvalue weighted by Crippen LogP contribution is -2.37. The predicted octanol–water partition coefficient (Wildman–Crippen LogP) is 0.0834. The topological polar surface area (TPSA) is 108 Å². The van der Waals surface area contributed by atoms with E-state index in [9.17, 15) is 0 Å². The Bertz CT molecular complexity index is 827. The van der Waals surface area contributed by atoms with Crippen molar-refractivity contribution in [3.05, 3.63) is 30.1 Å². The summed E-state index contributed by atoms with van der Waals surface area (Å²) in [6.07, 6.45) is 0. The summed E-state index contributed by atoms with van der Waals surface area (Å²) in [6, 6.07) is 7.75. The van der Waals surface area contributed by atoms with Crippen molar-refractivity contribution in [3.63, 3.8) is 0 Å². The highest BCUT2D eigenvalue weighted by Gasteiger charge is 2.16. The van der Waals surface area contributed by atoms with Crippen molar-refractivity contribution < 1.29 is 4.74 Å². The molecule has 4 rings (SSSR count). The highest BCUT2D eigenvalue weighted by atomic mass is 16.5. The monoisotopic (exact) mass is 312 g/mol. The molecule has 1 fully saturated rings.